The van der Waals surface area contributed by atoms with Crippen LogP contribution in [0.25, 0.3) is 0 Å². The summed E-state index contributed by atoms with van der Waals surface area (Å²) in [6, 6.07) is 19.2. The summed E-state index contributed by atoms with van der Waals surface area (Å²) in [6.45, 7) is 3.57. The zero-order valence-corrected chi connectivity index (χ0v) is 19.7. The first kappa shape index (κ1) is 23.9. The van der Waals surface area contributed by atoms with Crippen LogP contribution < -0.4 is 15.5 Å². The first-order chi connectivity index (χ1) is 15.8. The molecule has 0 aromatic heterocycles. The molecule has 3 rings (SSSR count). The summed E-state index contributed by atoms with van der Waals surface area (Å²) < 4.78 is 6.26. The highest BCUT2D eigenvalue weighted by Gasteiger charge is 2.12. The summed E-state index contributed by atoms with van der Waals surface area (Å²) in [6.07, 6.45) is 1.36. The largest absolute Gasteiger partial charge is 0.422 e. The number of halogens is 1. The Labute approximate surface area is 200 Å². The molecule has 0 aliphatic rings. The van der Waals surface area contributed by atoms with Crippen LogP contribution in [0.4, 0.5) is 0 Å². The van der Waals surface area contributed by atoms with Crippen LogP contribution in [0.3, 0.4) is 0 Å². The SMILES string of the molecule is Cc1ccc(C(=O)NCC(=O)NN=Cc2cc(Br)ccc2OC(=O)c2cccc(C)c2)cc1. The zero-order chi connectivity index (χ0) is 23.8. The van der Waals surface area contributed by atoms with Crippen molar-refractivity contribution >= 4 is 39.9 Å². The molecule has 0 radical (unpaired) electrons. The number of nitrogens with zero attached hydrogens (tertiary/aromatic N) is 1. The lowest BCUT2D eigenvalue weighted by atomic mass is 10.1. The van der Waals surface area contributed by atoms with E-state index in [0.29, 0.717) is 16.7 Å². The Kier molecular flexibility index (Phi) is 8.10. The number of carbonyl (C=O) groups excluding carboxylic acids is 3. The Morgan fingerprint density at radius 2 is 1.70 bits per heavy atom. The molecule has 168 valence electrons. The van der Waals surface area contributed by atoms with Crippen LogP contribution in [0.1, 0.15) is 37.4 Å². The number of hydrogen-bond acceptors (Lipinski definition) is 5. The number of hydrazone groups is 1. The lowest BCUT2D eigenvalue weighted by Gasteiger charge is -2.08. The molecule has 8 heteroatoms. The van der Waals surface area contributed by atoms with E-state index in [9.17, 15) is 14.4 Å². The van der Waals surface area contributed by atoms with Gasteiger partial charge in [-0.15, -0.1) is 0 Å². The van der Waals surface area contributed by atoms with Gasteiger partial charge in [0.05, 0.1) is 18.3 Å². The minimum absolute atomic E-state index is 0.238. The van der Waals surface area contributed by atoms with Gasteiger partial charge in [-0.05, 0) is 56.3 Å². The summed E-state index contributed by atoms with van der Waals surface area (Å²) in [5.41, 5.74) is 5.70. The molecule has 0 atom stereocenters. The standard InChI is InChI=1S/C25H22BrN3O4/c1-16-6-8-18(9-7-16)24(31)27-15-23(30)29-28-14-20-13-21(26)10-11-22(20)33-25(32)19-5-3-4-17(2)12-19/h3-14H,15H2,1-2H3,(H,27,31)(H,29,30). The minimum atomic E-state index is -0.501. The number of aryl methyl sites for hydroxylation is 2. The van der Waals surface area contributed by atoms with E-state index >= 15 is 0 Å². The highest BCUT2D eigenvalue weighted by molar-refractivity contribution is 9.10. The highest BCUT2D eigenvalue weighted by atomic mass is 79.9. The molecule has 2 N–H and O–H groups in total. The predicted molar refractivity (Wildman–Crippen MR) is 130 cm³/mol. The normalized spacial score (nSPS) is 10.6. The maximum absolute atomic E-state index is 12.5. The first-order valence-corrected chi connectivity index (χ1v) is 10.9. The summed E-state index contributed by atoms with van der Waals surface area (Å²) in [7, 11) is 0. The van der Waals surface area contributed by atoms with Crippen molar-refractivity contribution in [2.75, 3.05) is 6.54 Å². The Balaban J connectivity index is 1.59. The maximum Gasteiger partial charge on any atom is 0.343 e. The number of hydrogen-bond donors (Lipinski definition) is 2. The summed E-state index contributed by atoms with van der Waals surface area (Å²) >= 11 is 3.37. The third-order valence-electron chi connectivity index (χ3n) is 4.54. The molecule has 0 fully saturated rings. The van der Waals surface area contributed by atoms with Gasteiger partial charge in [0, 0.05) is 15.6 Å². The fraction of sp³-hybridized carbons (Fsp3) is 0.120. The molecule has 33 heavy (non-hydrogen) atoms. The number of benzene rings is 3. The van der Waals surface area contributed by atoms with Crippen LogP contribution in [0, 0.1) is 13.8 Å². The van der Waals surface area contributed by atoms with Crippen LogP contribution in [0.15, 0.2) is 76.3 Å². The minimum Gasteiger partial charge on any atom is -0.422 e. The Hall–Kier alpha value is -3.78. The Morgan fingerprint density at radius 1 is 0.939 bits per heavy atom. The molecule has 2 amide bonds. The summed E-state index contributed by atoms with van der Waals surface area (Å²) in [5.74, 6) is -1.07. The van der Waals surface area contributed by atoms with E-state index in [-0.39, 0.29) is 18.2 Å². The molecular formula is C25H22BrN3O4. The second-order valence-electron chi connectivity index (χ2n) is 7.28. The van der Waals surface area contributed by atoms with Gasteiger partial charge in [-0.3, -0.25) is 9.59 Å². The van der Waals surface area contributed by atoms with Crippen LogP contribution >= 0.6 is 15.9 Å². The molecular weight excluding hydrogens is 486 g/mol. The highest BCUT2D eigenvalue weighted by Crippen LogP contribution is 2.23. The molecule has 3 aromatic rings. The average molecular weight is 508 g/mol. The fourth-order valence-electron chi connectivity index (χ4n) is 2.82. The lowest BCUT2D eigenvalue weighted by molar-refractivity contribution is -0.120. The monoisotopic (exact) mass is 507 g/mol. The molecule has 0 unspecified atom stereocenters. The van der Waals surface area contributed by atoms with E-state index in [4.69, 9.17) is 4.74 Å². The van der Waals surface area contributed by atoms with Crippen molar-refractivity contribution in [2.45, 2.75) is 13.8 Å². The van der Waals surface area contributed by atoms with Crippen molar-refractivity contribution in [1.29, 1.82) is 0 Å². The van der Waals surface area contributed by atoms with Crippen LogP contribution in [0.2, 0.25) is 0 Å². The van der Waals surface area contributed by atoms with E-state index in [1.54, 1.807) is 48.5 Å². The van der Waals surface area contributed by atoms with E-state index in [1.165, 1.54) is 6.21 Å². The number of rotatable bonds is 7. The van der Waals surface area contributed by atoms with Gasteiger partial charge in [-0.2, -0.15) is 5.10 Å². The molecule has 0 saturated heterocycles. The van der Waals surface area contributed by atoms with E-state index in [0.717, 1.165) is 15.6 Å². The molecule has 0 aliphatic heterocycles. The van der Waals surface area contributed by atoms with Crippen molar-refractivity contribution in [3.63, 3.8) is 0 Å². The summed E-state index contributed by atoms with van der Waals surface area (Å²) in [5, 5.41) is 6.45. The van der Waals surface area contributed by atoms with Gasteiger partial charge in [-0.25, -0.2) is 10.2 Å². The second-order valence-corrected chi connectivity index (χ2v) is 8.20. The Bertz CT molecular complexity index is 1210. The van der Waals surface area contributed by atoms with E-state index in [1.807, 2.05) is 32.0 Å². The van der Waals surface area contributed by atoms with Crippen molar-refractivity contribution in [3.05, 3.63) is 99.0 Å². The second kappa shape index (κ2) is 11.2. The molecule has 0 aliphatic carbocycles. The van der Waals surface area contributed by atoms with Crippen LogP contribution in [0.5, 0.6) is 5.75 Å². The van der Waals surface area contributed by atoms with Gasteiger partial charge in [0.1, 0.15) is 5.75 Å². The van der Waals surface area contributed by atoms with Gasteiger partial charge in [0.2, 0.25) is 0 Å². The van der Waals surface area contributed by atoms with Crippen LogP contribution in [-0.2, 0) is 4.79 Å². The number of amides is 2. The quantitative estimate of drug-likeness (QED) is 0.217. The number of ether oxygens (including phenoxy) is 1. The third kappa shape index (κ3) is 7.11. The molecule has 3 aromatic carbocycles. The van der Waals surface area contributed by atoms with Crippen molar-refractivity contribution in [3.8, 4) is 5.75 Å². The topological polar surface area (TPSA) is 96.9 Å². The predicted octanol–water partition coefficient (Wildman–Crippen LogP) is 4.17. The molecule has 0 saturated carbocycles. The van der Waals surface area contributed by atoms with Gasteiger partial charge in [0.25, 0.3) is 11.8 Å². The molecule has 7 nitrogen and oxygen atoms in total. The average Bonchev–Trinajstić information content (AvgIpc) is 2.79. The molecule has 0 heterocycles. The number of esters is 1. The number of carbonyl (C=O) groups is 3. The van der Waals surface area contributed by atoms with Crippen LogP contribution in [-0.4, -0.2) is 30.5 Å². The van der Waals surface area contributed by atoms with Crippen molar-refractivity contribution in [1.82, 2.24) is 10.7 Å². The smallest absolute Gasteiger partial charge is 0.343 e. The first-order valence-electron chi connectivity index (χ1n) is 10.1. The van der Waals surface area contributed by atoms with Crippen molar-refractivity contribution in [2.24, 2.45) is 5.10 Å². The van der Waals surface area contributed by atoms with E-state index < -0.39 is 11.9 Å². The van der Waals surface area contributed by atoms with Crippen molar-refractivity contribution < 1.29 is 19.1 Å². The maximum atomic E-state index is 12.5. The van der Waals surface area contributed by atoms with Gasteiger partial charge >= 0.3 is 5.97 Å². The molecule has 0 spiro atoms. The van der Waals surface area contributed by atoms with Gasteiger partial charge in [0.15, 0.2) is 0 Å². The number of nitrogens with one attached hydrogen (secondary N) is 2. The van der Waals surface area contributed by atoms with Gasteiger partial charge < -0.3 is 10.1 Å². The Morgan fingerprint density at radius 3 is 2.42 bits per heavy atom. The third-order valence-corrected chi connectivity index (χ3v) is 5.04. The lowest BCUT2D eigenvalue weighted by Crippen LogP contribution is -2.34. The summed E-state index contributed by atoms with van der Waals surface area (Å²) in [4.78, 5) is 36.6. The fourth-order valence-corrected chi connectivity index (χ4v) is 3.20. The zero-order valence-electron chi connectivity index (χ0n) is 18.1. The molecule has 0 bridgehead atoms. The van der Waals surface area contributed by atoms with Gasteiger partial charge in [-0.1, -0.05) is 51.3 Å². The van der Waals surface area contributed by atoms with E-state index in [2.05, 4.69) is 31.8 Å².